The van der Waals surface area contributed by atoms with Crippen LogP contribution in [0.4, 0.5) is 0 Å². The van der Waals surface area contributed by atoms with Crippen LogP contribution in [0.25, 0.3) is 0 Å². The predicted octanol–water partition coefficient (Wildman–Crippen LogP) is 1.37. The van der Waals surface area contributed by atoms with Gasteiger partial charge in [0.25, 0.3) is 0 Å². The third kappa shape index (κ3) is 2.38. The van der Waals surface area contributed by atoms with Gasteiger partial charge < -0.3 is 9.47 Å². The normalized spacial score (nSPS) is 7.33. The number of ether oxygens (including phenoxy) is 2. The fourth-order valence-corrected chi connectivity index (χ4v) is 0.632. The summed E-state index contributed by atoms with van der Waals surface area (Å²) >= 11 is 2.93. The van der Waals surface area contributed by atoms with E-state index in [4.69, 9.17) is 5.26 Å². The first-order chi connectivity index (χ1) is 4.26. The van der Waals surface area contributed by atoms with Gasteiger partial charge in [-0.05, 0) is 15.9 Å². The average Bonchev–Trinajstić information content (AvgIpc) is 1.90. The summed E-state index contributed by atoms with van der Waals surface area (Å²) in [6.07, 6.45) is 0. The standard InChI is InChI=1S/C5H6BrNO2/c1-8-5(9-2)4(6)3-7/h1-2H3. The molecule has 0 rings (SSSR count). The molecule has 4 heteroatoms. The number of nitrogens with zero attached hydrogens (tertiary/aromatic N) is 1. The second-order valence-corrected chi connectivity index (χ2v) is 1.91. The van der Waals surface area contributed by atoms with Crippen molar-refractivity contribution in [1.29, 1.82) is 5.26 Å². The largest absolute Gasteiger partial charge is 0.467 e. The molecule has 0 aliphatic heterocycles. The molecule has 0 saturated carbocycles. The smallest absolute Gasteiger partial charge is 0.304 e. The van der Waals surface area contributed by atoms with Crippen molar-refractivity contribution in [3.05, 3.63) is 10.4 Å². The van der Waals surface area contributed by atoms with Crippen molar-refractivity contribution in [1.82, 2.24) is 0 Å². The third-order valence-corrected chi connectivity index (χ3v) is 1.15. The molecule has 0 aromatic carbocycles. The Bertz CT molecular complexity index is 153. The highest BCUT2D eigenvalue weighted by Crippen LogP contribution is 2.10. The van der Waals surface area contributed by atoms with Crippen molar-refractivity contribution in [2.75, 3.05) is 14.2 Å². The van der Waals surface area contributed by atoms with Crippen LogP contribution in [0.5, 0.6) is 0 Å². The first-order valence-corrected chi connectivity index (χ1v) is 2.93. The number of nitriles is 1. The van der Waals surface area contributed by atoms with Crippen molar-refractivity contribution in [2.45, 2.75) is 0 Å². The second-order valence-electron chi connectivity index (χ2n) is 1.12. The molecule has 0 aliphatic rings. The number of hydrogen-bond acceptors (Lipinski definition) is 3. The lowest BCUT2D eigenvalue weighted by molar-refractivity contribution is 0.0949. The lowest BCUT2D eigenvalue weighted by Crippen LogP contribution is -1.90. The fraction of sp³-hybridized carbons (Fsp3) is 0.400. The first-order valence-electron chi connectivity index (χ1n) is 2.14. The van der Waals surface area contributed by atoms with Gasteiger partial charge in [-0.2, -0.15) is 5.26 Å². The van der Waals surface area contributed by atoms with Crippen LogP contribution in [-0.4, -0.2) is 14.2 Å². The van der Waals surface area contributed by atoms with Gasteiger partial charge in [-0.3, -0.25) is 0 Å². The van der Waals surface area contributed by atoms with Crippen LogP contribution in [0.3, 0.4) is 0 Å². The Morgan fingerprint density at radius 1 is 1.44 bits per heavy atom. The molecule has 0 saturated heterocycles. The van der Waals surface area contributed by atoms with E-state index in [1.54, 1.807) is 0 Å². The summed E-state index contributed by atoms with van der Waals surface area (Å²) in [7, 11) is 2.86. The molecular formula is C5H6BrNO2. The molecule has 0 spiro atoms. The Morgan fingerprint density at radius 3 is 2.00 bits per heavy atom. The van der Waals surface area contributed by atoms with Crippen LogP contribution < -0.4 is 0 Å². The molecule has 0 radical (unpaired) electrons. The van der Waals surface area contributed by atoms with E-state index in [2.05, 4.69) is 25.4 Å². The van der Waals surface area contributed by atoms with E-state index in [1.165, 1.54) is 14.2 Å². The Balaban J connectivity index is 4.23. The molecule has 50 valence electrons. The SMILES string of the molecule is COC(OC)=C(Br)C#N. The summed E-state index contributed by atoms with van der Waals surface area (Å²) in [5.41, 5.74) is 0. The lowest BCUT2D eigenvalue weighted by atomic mass is 10.7. The van der Waals surface area contributed by atoms with Crippen molar-refractivity contribution in [3.8, 4) is 6.07 Å². The Kier molecular flexibility index (Phi) is 3.89. The fourth-order valence-electron chi connectivity index (χ4n) is 0.308. The molecular weight excluding hydrogens is 186 g/mol. The number of halogens is 1. The molecule has 0 fully saturated rings. The first kappa shape index (κ1) is 8.31. The maximum atomic E-state index is 8.25. The average molecular weight is 192 g/mol. The molecule has 0 N–H and O–H groups in total. The van der Waals surface area contributed by atoms with Crippen molar-refractivity contribution in [2.24, 2.45) is 0 Å². The Morgan fingerprint density at radius 2 is 1.89 bits per heavy atom. The van der Waals surface area contributed by atoms with Gasteiger partial charge in [0.2, 0.25) is 0 Å². The zero-order chi connectivity index (χ0) is 7.28. The molecule has 3 nitrogen and oxygen atoms in total. The van der Waals surface area contributed by atoms with Gasteiger partial charge >= 0.3 is 5.95 Å². The van der Waals surface area contributed by atoms with Crippen LogP contribution in [0.1, 0.15) is 0 Å². The summed E-state index contributed by atoms with van der Waals surface area (Å²) < 4.78 is 9.54. The van der Waals surface area contributed by atoms with E-state index < -0.39 is 0 Å². The predicted molar refractivity (Wildman–Crippen MR) is 35.6 cm³/mol. The number of hydrogen-bond donors (Lipinski definition) is 0. The highest BCUT2D eigenvalue weighted by atomic mass is 79.9. The summed E-state index contributed by atoms with van der Waals surface area (Å²) in [6.45, 7) is 0. The van der Waals surface area contributed by atoms with E-state index >= 15 is 0 Å². The minimum absolute atomic E-state index is 0.192. The molecule has 0 aromatic rings. The summed E-state index contributed by atoms with van der Waals surface area (Å²) in [5.74, 6) is 0.192. The topological polar surface area (TPSA) is 42.2 Å². The highest BCUT2D eigenvalue weighted by molar-refractivity contribution is 9.12. The quantitative estimate of drug-likeness (QED) is 0.490. The molecule has 0 atom stereocenters. The van der Waals surface area contributed by atoms with Crippen LogP contribution in [0.15, 0.2) is 10.4 Å². The van der Waals surface area contributed by atoms with Gasteiger partial charge in [0.1, 0.15) is 6.07 Å². The molecule has 0 unspecified atom stereocenters. The van der Waals surface area contributed by atoms with E-state index in [9.17, 15) is 0 Å². The van der Waals surface area contributed by atoms with Crippen molar-refractivity contribution < 1.29 is 9.47 Å². The minimum atomic E-state index is 0.192. The number of methoxy groups -OCH3 is 2. The molecule has 0 amide bonds. The lowest BCUT2D eigenvalue weighted by Gasteiger charge is -2.01. The van der Waals surface area contributed by atoms with E-state index in [0.717, 1.165) is 0 Å². The van der Waals surface area contributed by atoms with Crippen molar-refractivity contribution in [3.63, 3.8) is 0 Å². The van der Waals surface area contributed by atoms with Gasteiger partial charge in [0, 0.05) is 0 Å². The van der Waals surface area contributed by atoms with Gasteiger partial charge in [0.05, 0.1) is 14.2 Å². The molecule has 0 aliphatic carbocycles. The second kappa shape index (κ2) is 4.21. The number of allylic oxidation sites excluding steroid dienone is 1. The highest BCUT2D eigenvalue weighted by Gasteiger charge is 2.00. The van der Waals surface area contributed by atoms with Gasteiger partial charge in [-0.1, -0.05) is 0 Å². The maximum absolute atomic E-state index is 8.25. The zero-order valence-electron chi connectivity index (χ0n) is 5.14. The van der Waals surface area contributed by atoms with Gasteiger partial charge in [-0.25, -0.2) is 0 Å². The third-order valence-electron chi connectivity index (χ3n) is 0.648. The van der Waals surface area contributed by atoms with E-state index in [0.29, 0.717) is 0 Å². The molecule has 0 heterocycles. The van der Waals surface area contributed by atoms with Gasteiger partial charge in [-0.15, -0.1) is 0 Å². The monoisotopic (exact) mass is 191 g/mol. The van der Waals surface area contributed by atoms with E-state index in [1.807, 2.05) is 6.07 Å². The van der Waals surface area contributed by atoms with Gasteiger partial charge in [0.15, 0.2) is 4.48 Å². The summed E-state index contributed by atoms with van der Waals surface area (Å²) in [6, 6.07) is 1.81. The van der Waals surface area contributed by atoms with Crippen LogP contribution in [0, 0.1) is 11.3 Å². The zero-order valence-corrected chi connectivity index (χ0v) is 6.73. The summed E-state index contributed by atoms with van der Waals surface area (Å²) in [4.78, 5) is 0. The maximum Gasteiger partial charge on any atom is 0.304 e. The van der Waals surface area contributed by atoms with E-state index in [-0.39, 0.29) is 10.4 Å². The Labute approximate surface area is 62.0 Å². The van der Waals surface area contributed by atoms with Crippen LogP contribution in [-0.2, 0) is 9.47 Å². The van der Waals surface area contributed by atoms with Crippen LogP contribution in [0.2, 0.25) is 0 Å². The van der Waals surface area contributed by atoms with Crippen molar-refractivity contribution >= 4 is 15.9 Å². The Hall–Kier alpha value is -0.690. The van der Waals surface area contributed by atoms with Crippen LogP contribution >= 0.6 is 15.9 Å². The molecule has 0 aromatic heterocycles. The summed E-state index contributed by atoms with van der Waals surface area (Å²) in [5, 5.41) is 8.25. The minimum Gasteiger partial charge on any atom is -0.467 e. The molecule has 9 heavy (non-hydrogen) atoms. The number of rotatable bonds is 2. The molecule has 0 bridgehead atoms.